The Hall–Kier alpha value is -2.96. The highest BCUT2D eigenvalue weighted by Crippen LogP contribution is 2.31. The summed E-state index contributed by atoms with van der Waals surface area (Å²) in [5, 5.41) is 12.0. The molecule has 1 aliphatic heterocycles. The van der Waals surface area contributed by atoms with Crippen molar-refractivity contribution in [2.24, 2.45) is 5.92 Å². The number of nitrogens with one attached hydrogen (secondary N) is 2. The highest BCUT2D eigenvalue weighted by Gasteiger charge is 2.32. The van der Waals surface area contributed by atoms with Crippen LogP contribution in [0.15, 0.2) is 36.5 Å². The molecule has 2 amide bonds. The minimum Gasteiger partial charge on any atom is -0.465 e. The fourth-order valence-corrected chi connectivity index (χ4v) is 4.16. The first-order chi connectivity index (χ1) is 15.5. The molecular weight excluding hydrogens is 479 g/mol. The second kappa shape index (κ2) is 10.3. The molecule has 1 saturated heterocycles. The molecule has 0 radical (unpaired) electrons. The number of rotatable bonds is 6. The molecule has 13 heteroatoms. The van der Waals surface area contributed by atoms with Gasteiger partial charge in [-0.2, -0.15) is 0 Å². The van der Waals surface area contributed by atoms with Gasteiger partial charge in [-0.15, -0.1) is 0 Å². The summed E-state index contributed by atoms with van der Waals surface area (Å²) in [6.07, 6.45) is 0.407. The summed E-state index contributed by atoms with van der Waals surface area (Å²) in [6.45, 7) is 0.150. The highest BCUT2D eigenvalue weighted by molar-refractivity contribution is 7.92. The maximum Gasteiger partial charge on any atom is 0.407 e. The van der Waals surface area contributed by atoms with E-state index in [1.165, 1.54) is 30.5 Å². The second-order valence-electron chi connectivity index (χ2n) is 7.44. The third-order valence-corrected chi connectivity index (χ3v) is 5.82. The minimum absolute atomic E-state index is 0.00176. The van der Waals surface area contributed by atoms with Crippen LogP contribution < -0.4 is 10.0 Å². The highest BCUT2D eigenvalue weighted by atomic mass is 35.5. The van der Waals surface area contributed by atoms with Crippen LogP contribution in [0.3, 0.4) is 0 Å². The minimum atomic E-state index is -3.65. The van der Waals surface area contributed by atoms with Gasteiger partial charge < -0.3 is 20.1 Å². The Morgan fingerprint density at radius 3 is 2.79 bits per heavy atom. The summed E-state index contributed by atoms with van der Waals surface area (Å²) in [4.78, 5) is 29.4. The van der Waals surface area contributed by atoms with Crippen molar-refractivity contribution in [3.8, 4) is 0 Å². The number of hydrogen-bond donors (Lipinski definition) is 3. The van der Waals surface area contributed by atoms with Gasteiger partial charge in [0.05, 0.1) is 29.7 Å². The molecule has 2 heterocycles. The van der Waals surface area contributed by atoms with Gasteiger partial charge in [0.25, 0.3) is 5.91 Å². The summed E-state index contributed by atoms with van der Waals surface area (Å²) >= 11 is 5.77. The van der Waals surface area contributed by atoms with Crippen LogP contribution in [0.1, 0.15) is 22.2 Å². The quantitative estimate of drug-likeness (QED) is 0.553. The molecule has 0 spiro atoms. The van der Waals surface area contributed by atoms with Gasteiger partial charge in [0, 0.05) is 31.7 Å². The zero-order chi connectivity index (χ0) is 24.2. The predicted octanol–water partition coefficient (Wildman–Crippen LogP) is 2.34. The molecule has 2 aromatic rings. The van der Waals surface area contributed by atoms with Gasteiger partial charge in [0.2, 0.25) is 10.0 Å². The zero-order valence-electron chi connectivity index (χ0n) is 17.5. The van der Waals surface area contributed by atoms with Crippen molar-refractivity contribution in [1.29, 1.82) is 0 Å². The van der Waals surface area contributed by atoms with Crippen LogP contribution in [0.4, 0.5) is 14.9 Å². The number of sulfonamides is 1. The Morgan fingerprint density at radius 1 is 1.36 bits per heavy atom. The first-order valence-electron chi connectivity index (χ1n) is 9.80. The molecule has 3 rings (SSSR count). The van der Waals surface area contributed by atoms with Gasteiger partial charge in [-0.05, 0) is 29.8 Å². The lowest BCUT2D eigenvalue weighted by molar-refractivity contribution is 0.0303. The summed E-state index contributed by atoms with van der Waals surface area (Å²) < 4.78 is 45.3. The number of anilines is 1. The SMILES string of the molecule is CS(=O)(=O)Nc1cccnc1C(=O)NC[C@@H]1CN(C(=O)O)CCO[C@H]1c1ccc(Cl)c(F)c1. The lowest BCUT2D eigenvalue weighted by atomic mass is 9.94. The van der Waals surface area contributed by atoms with Gasteiger partial charge in [-0.25, -0.2) is 22.6 Å². The monoisotopic (exact) mass is 500 g/mol. The number of amides is 2. The van der Waals surface area contributed by atoms with Gasteiger partial charge in [-0.3, -0.25) is 9.52 Å². The number of carbonyl (C=O) groups excluding carboxylic acids is 1. The van der Waals surface area contributed by atoms with Crippen LogP contribution >= 0.6 is 11.6 Å². The number of carboxylic acid groups (broad SMARTS) is 1. The molecule has 0 saturated carbocycles. The average molecular weight is 501 g/mol. The van der Waals surface area contributed by atoms with Crippen LogP contribution in [0, 0.1) is 11.7 Å². The smallest absolute Gasteiger partial charge is 0.407 e. The van der Waals surface area contributed by atoms with Gasteiger partial charge in [0.1, 0.15) is 5.82 Å². The van der Waals surface area contributed by atoms with Crippen LogP contribution in [0.2, 0.25) is 5.02 Å². The Labute approximate surface area is 194 Å². The third-order valence-electron chi connectivity index (χ3n) is 4.93. The van der Waals surface area contributed by atoms with Crippen molar-refractivity contribution < 1.29 is 32.2 Å². The van der Waals surface area contributed by atoms with E-state index >= 15 is 0 Å². The molecule has 0 unspecified atom stereocenters. The Bertz CT molecular complexity index is 1150. The standard InChI is InChI=1S/C20H22ClFN4O6S/c1-33(30,31)25-16-3-2-6-23-17(16)19(27)24-10-13-11-26(20(28)29)7-8-32-18(13)12-4-5-14(21)15(22)9-12/h2-6,9,13,18,25H,7-8,10-11H2,1H3,(H,24,27)(H,28,29)/t13-,18+/m1/s1. The summed E-state index contributed by atoms with van der Waals surface area (Å²) in [7, 11) is -3.65. The number of benzene rings is 1. The van der Waals surface area contributed by atoms with E-state index in [-0.39, 0.29) is 42.6 Å². The predicted molar refractivity (Wildman–Crippen MR) is 118 cm³/mol. The molecule has 1 aromatic carbocycles. The van der Waals surface area contributed by atoms with Crippen LogP contribution in [-0.4, -0.2) is 67.9 Å². The van der Waals surface area contributed by atoms with Crippen LogP contribution in [0.5, 0.6) is 0 Å². The fraction of sp³-hybridized carbons (Fsp3) is 0.350. The number of ether oxygens (including phenoxy) is 1. The Kier molecular flexibility index (Phi) is 7.72. The number of hydrogen-bond acceptors (Lipinski definition) is 6. The summed E-state index contributed by atoms with van der Waals surface area (Å²) in [6, 6.07) is 7.03. The van der Waals surface area contributed by atoms with Crippen molar-refractivity contribution in [1.82, 2.24) is 15.2 Å². The maximum absolute atomic E-state index is 14.1. The zero-order valence-corrected chi connectivity index (χ0v) is 19.1. The largest absolute Gasteiger partial charge is 0.465 e. The van der Waals surface area contributed by atoms with Gasteiger partial charge >= 0.3 is 6.09 Å². The number of nitrogens with zero attached hydrogens (tertiary/aromatic N) is 2. The van der Waals surface area contributed by atoms with Gasteiger partial charge in [0.15, 0.2) is 5.69 Å². The molecule has 1 fully saturated rings. The van der Waals surface area contributed by atoms with E-state index in [1.807, 2.05) is 0 Å². The summed E-state index contributed by atoms with van der Waals surface area (Å²) in [5.41, 5.74) is 0.292. The first kappa shape index (κ1) is 24.7. The molecule has 33 heavy (non-hydrogen) atoms. The lowest BCUT2D eigenvalue weighted by Gasteiger charge is -2.27. The lowest BCUT2D eigenvalue weighted by Crippen LogP contribution is -2.40. The first-order valence-corrected chi connectivity index (χ1v) is 12.1. The van der Waals surface area contributed by atoms with E-state index in [4.69, 9.17) is 16.3 Å². The number of halogens is 2. The number of pyridine rings is 1. The van der Waals surface area contributed by atoms with Crippen molar-refractivity contribution in [2.75, 3.05) is 37.2 Å². The number of carbonyl (C=O) groups is 2. The molecular formula is C20H22ClFN4O6S. The molecule has 1 aromatic heterocycles. The molecule has 10 nitrogen and oxygen atoms in total. The van der Waals surface area contributed by atoms with Crippen LogP contribution in [-0.2, 0) is 14.8 Å². The average Bonchev–Trinajstić information content (AvgIpc) is 2.96. The van der Waals surface area contributed by atoms with Crippen molar-refractivity contribution in [2.45, 2.75) is 6.10 Å². The number of aromatic nitrogens is 1. The fourth-order valence-electron chi connectivity index (χ4n) is 3.47. The normalized spacial score (nSPS) is 18.9. The van der Waals surface area contributed by atoms with E-state index in [0.717, 1.165) is 11.2 Å². The van der Waals surface area contributed by atoms with Crippen LogP contribution in [0.25, 0.3) is 0 Å². The molecule has 0 aliphatic carbocycles. The van der Waals surface area contributed by atoms with E-state index in [2.05, 4.69) is 15.0 Å². The van der Waals surface area contributed by atoms with E-state index < -0.39 is 39.9 Å². The van der Waals surface area contributed by atoms with Crippen molar-refractivity contribution in [3.63, 3.8) is 0 Å². The van der Waals surface area contributed by atoms with Gasteiger partial charge in [-0.1, -0.05) is 17.7 Å². The van der Waals surface area contributed by atoms with E-state index in [0.29, 0.717) is 5.56 Å². The van der Waals surface area contributed by atoms with Crippen molar-refractivity contribution >= 4 is 39.3 Å². The maximum atomic E-state index is 14.1. The van der Waals surface area contributed by atoms with E-state index in [9.17, 15) is 27.5 Å². The third kappa shape index (κ3) is 6.53. The second-order valence-corrected chi connectivity index (χ2v) is 9.59. The Balaban J connectivity index is 1.83. The van der Waals surface area contributed by atoms with Crippen molar-refractivity contribution in [3.05, 3.63) is 58.6 Å². The topological polar surface area (TPSA) is 138 Å². The molecule has 178 valence electrons. The molecule has 0 bridgehead atoms. The molecule has 1 aliphatic rings. The summed E-state index contributed by atoms with van der Waals surface area (Å²) in [5.74, 6) is -1.90. The van der Waals surface area contributed by atoms with E-state index in [1.54, 1.807) is 6.07 Å². The molecule has 3 N–H and O–H groups in total. The molecule has 2 atom stereocenters. The Morgan fingerprint density at radius 2 is 2.12 bits per heavy atom.